The number of hydrogen-bond donors (Lipinski definition) is 0. The van der Waals surface area contributed by atoms with Crippen molar-refractivity contribution in [1.82, 2.24) is 0 Å². The number of hydrogen-bond acceptors (Lipinski definition) is 2. The van der Waals surface area contributed by atoms with Gasteiger partial charge in [0.1, 0.15) is 11.5 Å². The fraction of sp³-hybridized carbons (Fsp3) is 0.294. The normalized spacial score (nSPS) is 13.3. The van der Waals surface area contributed by atoms with Gasteiger partial charge in [-0.2, -0.15) is 0 Å². The highest BCUT2D eigenvalue weighted by molar-refractivity contribution is 5.98. The first kappa shape index (κ1) is 12.1. The van der Waals surface area contributed by atoms with Crippen molar-refractivity contribution in [2.75, 3.05) is 13.2 Å². The van der Waals surface area contributed by atoms with Crippen LogP contribution in [0.5, 0.6) is 5.75 Å². The molecule has 0 amide bonds. The maximum Gasteiger partial charge on any atom is 0.123 e. The van der Waals surface area contributed by atoms with Crippen LogP contribution in [-0.2, 0) is 11.2 Å². The van der Waals surface area contributed by atoms with Crippen LogP contribution in [0.4, 0.5) is 0 Å². The van der Waals surface area contributed by atoms with E-state index in [2.05, 4.69) is 36.4 Å². The van der Waals surface area contributed by atoms with Crippen molar-refractivity contribution in [3.8, 4) is 5.75 Å². The summed E-state index contributed by atoms with van der Waals surface area (Å²) in [5, 5.41) is 2.53. The minimum atomic E-state index is 0.679. The Morgan fingerprint density at radius 3 is 2.68 bits per heavy atom. The van der Waals surface area contributed by atoms with Gasteiger partial charge < -0.3 is 9.47 Å². The van der Waals surface area contributed by atoms with E-state index in [0.29, 0.717) is 13.2 Å². The molecule has 0 atom stereocenters. The molecule has 3 rings (SSSR count). The first-order chi connectivity index (χ1) is 9.33. The lowest BCUT2D eigenvalue weighted by Gasteiger charge is -2.20. The van der Waals surface area contributed by atoms with Crippen molar-refractivity contribution in [3.63, 3.8) is 0 Å². The third-order valence-electron chi connectivity index (χ3n) is 3.42. The van der Waals surface area contributed by atoms with Gasteiger partial charge in [0.2, 0.25) is 0 Å². The average Bonchev–Trinajstić information content (AvgIpc) is 2.42. The predicted octanol–water partition coefficient (Wildman–Crippen LogP) is 4.17. The monoisotopic (exact) mass is 254 g/mol. The van der Waals surface area contributed by atoms with Crippen molar-refractivity contribution in [3.05, 3.63) is 47.5 Å². The van der Waals surface area contributed by atoms with Crippen LogP contribution < -0.4 is 4.74 Å². The van der Waals surface area contributed by atoms with Crippen LogP contribution in [0, 0.1) is 0 Å². The summed E-state index contributed by atoms with van der Waals surface area (Å²) < 4.78 is 11.4. The Morgan fingerprint density at radius 2 is 1.89 bits per heavy atom. The van der Waals surface area contributed by atoms with Crippen molar-refractivity contribution < 1.29 is 9.47 Å². The Morgan fingerprint density at radius 1 is 1.05 bits per heavy atom. The van der Waals surface area contributed by atoms with Gasteiger partial charge in [0.15, 0.2) is 0 Å². The fourth-order valence-electron chi connectivity index (χ4n) is 2.70. The molecule has 0 heterocycles. The smallest absolute Gasteiger partial charge is 0.123 e. The van der Waals surface area contributed by atoms with Gasteiger partial charge in [-0.1, -0.05) is 18.2 Å². The summed E-state index contributed by atoms with van der Waals surface area (Å²) in [6.07, 6.45) is 3.10. The van der Waals surface area contributed by atoms with Gasteiger partial charge in [-0.25, -0.2) is 0 Å². The lowest BCUT2D eigenvalue weighted by molar-refractivity contribution is 0.296. The van der Waals surface area contributed by atoms with Crippen LogP contribution in [0.3, 0.4) is 0 Å². The van der Waals surface area contributed by atoms with E-state index in [1.807, 2.05) is 13.8 Å². The highest BCUT2D eigenvalue weighted by atomic mass is 16.5. The SMILES string of the molecule is CCOC1=CCc2cccc3cc(OCC)cc1c23. The van der Waals surface area contributed by atoms with E-state index < -0.39 is 0 Å². The zero-order chi connectivity index (χ0) is 13.2. The molecule has 0 fully saturated rings. The van der Waals surface area contributed by atoms with E-state index in [1.165, 1.54) is 16.3 Å². The lowest BCUT2D eigenvalue weighted by Crippen LogP contribution is -2.02. The van der Waals surface area contributed by atoms with Gasteiger partial charge in [-0.05, 0) is 54.8 Å². The first-order valence-corrected chi connectivity index (χ1v) is 6.85. The minimum absolute atomic E-state index is 0.679. The number of allylic oxidation sites excluding steroid dienone is 1. The van der Waals surface area contributed by atoms with Gasteiger partial charge in [0.05, 0.1) is 13.2 Å². The molecule has 2 aromatic carbocycles. The van der Waals surface area contributed by atoms with Crippen LogP contribution in [0.2, 0.25) is 0 Å². The van der Waals surface area contributed by atoms with Crippen LogP contribution in [0.15, 0.2) is 36.4 Å². The molecule has 0 aromatic heterocycles. The summed E-state index contributed by atoms with van der Waals surface area (Å²) in [4.78, 5) is 0. The molecule has 0 unspecified atom stereocenters. The molecule has 1 aliphatic carbocycles. The van der Waals surface area contributed by atoms with E-state index in [0.717, 1.165) is 23.5 Å². The van der Waals surface area contributed by atoms with Crippen LogP contribution >= 0.6 is 0 Å². The highest BCUT2D eigenvalue weighted by Gasteiger charge is 2.17. The molecular weight excluding hydrogens is 236 g/mol. The average molecular weight is 254 g/mol. The van der Waals surface area contributed by atoms with E-state index >= 15 is 0 Å². The third kappa shape index (κ3) is 2.07. The fourth-order valence-corrected chi connectivity index (χ4v) is 2.70. The molecule has 98 valence electrons. The Bertz CT molecular complexity index is 641. The predicted molar refractivity (Wildman–Crippen MR) is 78.4 cm³/mol. The summed E-state index contributed by atoms with van der Waals surface area (Å²) in [6, 6.07) is 10.6. The van der Waals surface area contributed by atoms with Crippen molar-refractivity contribution in [2.45, 2.75) is 20.3 Å². The van der Waals surface area contributed by atoms with E-state index in [4.69, 9.17) is 9.47 Å². The third-order valence-corrected chi connectivity index (χ3v) is 3.42. The van der Waals surface area contributed by atoms with Gasteiger partial charge in [0, 0.05) is 5.56 Å². The first-order valence-electron chi connectivity index (χ1n) is 6.85. The molecule has 0 saturated heterocycles. The summed E-state index contributed by atoms with van der Waals surface area (Å²) in [5.41, 5.74) is 2.52. The Balaban J connectivity index is 2.22. The molecule has 1 aliphatic rings. The largest absolute Gasteiger partial charge is 0.494 e. The van der Waals surface area contributed by atoms with E-state index in [-0.39, 0.29) is 0 Å². The maximum absolute atomic E-state index is 5.77. The molecule has 2 aromatic rings. The quantitative estimate of drug-likeness (QED) is 0.815. The second-order valence-electron chi connectivity index (χ2n) is 4.62. The van der Waals surface area contributed by atoms with Crippen LogP contribution in [0.1, 0.15) is 25.0 Å². The Hall–Kier alpha value is -1.96. The molecule has 0 bridgehead atoms. The molecule has 0 saturated carbocycles. The summed E-state index contributed by atoms with van der Waals surface area (Å²) in [6.45, 7) is 5.39. The maximum atomic E-state index is 5.77. The molecule has 0 aliphatic heterocycles. The second kappa shape index (κ2) is 4.96. The molecule has 0 spiro atoms. The second-order valence-corrected chi connectivity index (χ2v) is 4.62. The van der Waals surface area contributed by atoms with Crippen molar-refractivity contribution in [2.24, 2.45) is 0 Å². The molecule has 2 heteroatoms. The highest BCUT2D eigenvalue weighted by Crippen LogP contribution is 2.36. The van der Waals surface area contributed by atoms with E-state index in [9.17, 15) is 0 Å². The van der Waals surface area contributed by atoms with Crippen molar-refractivity contribution >= 4 is 16.5 Å². The molecule has 2 nitrogen and oxygen atoms in total. The molecular formula is C17H18O2. The Kier molecular flexibility index (Phi) is 3.16. The summed E-state index contributed by atoms with van der Waals surface area (Å²) >= 11 is 0. The van der Waals surface area contributed by atoms with Crippen LogP contribution in [-0.4, -0.2) is 13.2 Å². The lowest BCUT2D eigenvalue weighted by atomic mass is 9.91. The standard InChI is InChI=1S/C17H18O2/c1-3-18-14-10-13-7-5-6-12-8-9-16(19-4-2)15(11-14)17(12)13/h5-7,9-11H,3-4,8H2,1-2H3. The number of ether oxygens (including phenoxy) is 2. The number of benzene rings is 2. The summed E-state index contributed by atoms with van der Waals surface area (Å²) in [5.74, 6) is 1.89. The van der Waals surface area contributed by atoms with Crippen LogP contribution in [0.25, 0.3) is 16.5 Å². The Labute approximate surface area is 113 Å². The zero-order valence-corrected chi connectivity index (χ0v) is 11.4. The molecule has 0 N–H and O–H groups in total. The topological polar surface area (TPSA) is 18.5 Å². The van der Waals surface area contributed by atoms with Gasteiger partial charge in [-0.15, -0.1) is 0 Å². The molecule has 0 radical (unpaired) electrons. The van der Waals surface area contributed by atoms with E-state index in [1.54, 1.807) is 0 Å². The minimum Gasteiger partial charge on any atom is -0.494 e. The van der Waals surface area contributed by atoms with Gasteiger partial charge in [-0.3, -0.25) is 0 Å². The summed E-state index contributed by atoms with van der Waals surface area (Å²) in [7, 11) is 0. The molecule has 19 heavy (non-hydrogen) atoms. The zero-order valence-electron chi connectivity index (χ0n) is 11.4. The van der Waals surface area contributed by atoms with Gasteiger partial charge in [0.25, 0.3) is 0 Å². The van der Waals surface area contributed by atoms with Gasteiger partial charge >= 0.3 is 0 Å². The number of rotatable bonds is 4. The van der Waals surface area contributed by atoms with Crippen molar-refractivity contribution in [1.29, 1.82) is 0 Å².